The highest BCUT2D eigenvalue weighted by molar-refractivity contribution is 7.89. The first-order valence-corrected chi connectivity index (χ1v) is 11.6. The van der Waals surface area contributed by atoms with E-state index in [1.54, 1.807) is 30.5 Å². The quantitative estimate of drug-likeness (QED) is 0.591. The van der Waals surface area contributed by atoms with Crippen LogP contribution in [0.2, 0.25) is 0 Å². The van der Waals surface area contributed by atoms with Crippen molar-refractivity contribution in [1.82, 2.24) is 14.7 Å². The average Bonchev–Trinajstić information content (AvgIpc) is 2.75. The molecule has 7 nitrogen and oxygen atoms in total. The molecule has 0 aliphatic carbocycles. The van der Waals surface area contributed by atoms with Crippen LogP contribution in [-0.2, 0) is 16.4 Å². The summed E-state index contributed by atoms with van der Waals surface area (Å²) in [6.07, 6.45) is 4.59. The second-order valence-electron chi connectivity index (χ2n) is 7.23. The van der Waals surface area contributed by atoms with Crippen LogP contribution in [0.3, 0.4) is 0 Å². The van der Waals surface area contributed by atoms with Crippen molar-refractivity contribution in [3.05, 3.63) is 60.3 Å². The summed E-state index contributed by atoms with van der Waals surface area (Å²) in [4.78, 5) is 9.33. The lowest BCUT2D eigenvalue weighted by Crippen LogP contribution is -2.26. The zero-order valence-electron chi connectivity index (χ0n) is 16.9. The van der Waals surface area contributed by atoms with Crippen molar-refractivity contribution in [3.63, 3.8) is 0 Å². The smallest absolute Gasteiger partial charge is 0.240 e. The molecule has 0 unspecified atom stereocenters. The Labute approximate surface area is 177 Å². The fraction of sp³-hybridized carbons (Fsp3) is 0.273. The van der Waals surface area contributed by atoms with Gasteiger partial charge in [-0.15, -0.1) is 0 Å². The van der Waals surface area contributed by atoms with Crippen LogP contribution in [0.4, 0.5) is 17.5 Å². The molecule has 8 heteroatoms. The Hall–Kier alpha value is -2.97. The molecule has 0 saturated carbocycles. The van der Waals surface area contributed by atoms with E-state index >= 15 is 0 Å². The maximum atomic E-state index is 12.5. The molecule has 0 saturated heterocycles. The number of sulfonamides is 1. The molecule has 0 atom stereocenters. The number of benzene rings is 2. The number of anilines is 3. The van der Waals surface area contributed by atoms with Gasteiger partial charge in [0.25, 0.3) is 0 Å². The number of rotatable bonds is 3. The van der Waals surface area contributed by atoms with Gasteiger partial charge in [0.1, 0.15) is 5.82 Å². The maximum Gasteiger partial charge on any atom is 0.240 e. The Bertz CT molecular complexity index is 1130. The minimum atomic E-state index is -3.55. The van der Waals surface area contributed by atoms with E-state index in [1.807, 2.05) is 0 Å². The fourth-order valence-corrected chi connectivity index (χ4v) is 4.50. The molecule has 1 aliphatic rings. The SMILES string of the molecule is CCCc1ccc(-c2cnc3nc2NCCCNS(=O)(=O)c2cccc(c2)N3)cc1. The van der Waals surface area contributed by atoms with Gasteiger partial charge < -0.3 is 10.6 Å². The third-order valence-electron chi connectivity index (χ3n) is 4.93. The van der Waals surface area contributed by atoms with Gasteiger partial charge in [-0.2, -0.15) is 4.98 Å². The molecule has 30 heavy (non-hydrogen) atoms. The molecule has 4 bridgehead atoms. The van der Waals surface area contributed by atoms with Crippen LogP contribution >= 0.6 is 0 Å². The monoisotopic (exact) mass is 423 g/mol. The number of aromatic nitrogens is 2. The highest BCUT2D eigenvalue weighted by atomic mass is 32.2. The molecule has 0 spiro atoms. The molecular formula is C22H25N5O2S. The van der Waals surface area contributed by atoms with Crippen LogP contribution < -0.4 is 15.4 Å². The lowest BCUT2D eigenvalue weighted by molar-refractivity contribution is 0.580. The zero-order valence-corrected chi connectivity index (χ0v) is 17.7. The first kappa shape index (κ1) is 20.3. The van der Waals surface area contributed by atoms with E-state index in [-0.39, 0.29) is 4.90 Å². The molecule has 1 aliphatic heterocycles. The normalized spacial score (nSPS) is 15.6. The van der Waals surface area contributed by atoms with E-state index in [0.717, 1.165) is 24.0 Å². The van der Waals surface area contributed by atoms with Gasteiger partial charge in [-0.1, -0.05) is 43.7 Å². The number of fused-ring (bicyclic) bond motifs is 4. The summed E-state index contributed by atoms with van der Waals surface area (Å²) >= 11 is 0. The summed E-state index contributed by atoms with van der Waals surface area (Å²) in [5.41, 5.74) is 3.86. The molecule has 0 radical (unpaired) electrons. The number of hydrogen-bond donors (Lipinski definition) is 3. The summed E-state index contributed by atoms with van der Waals surface area (Å²) in [5.74, 6) is 1.12. The Morgan fingerprint density at radius 3 is 2.70 bits per heavy atom. The molecule has 4 rings (SSSR count). The predicted octanol–water partition coefficient (Wildman–Crippen LogP) is 3.93. The topological polar surface area (TPSA) is 96.0 Å². The Morgan fingerprint density at radius 1 is 1.07 bits per heavy atom. The number of aryl methyl sites for hydroxylation is 1. The van der Waals surface area contributed by atoms with E-state index in [4.69, 9.17) is 0 Å². The van der Waals surface area contributed by atoms with Crippen LogP contribution in [0.5, 0.6) is 0 Å². The number of nitrogens with one attached hydrogen (secondary N) is 3. The molecule has 3 aromatic rings. The third-order valence-corrected chi connectivity index (χ3v) is 6.39. The number of hydrogen-bond acceptors (Lipinski definition) is 6. The molecule has 0 amide bonds. The summed E-state index contributed by atoms with van der Waals surface area (Å²) < 4.78 is 27.6. The van der Waals surface area contributed by atoms with Gasteiger partial charge in [-0.3, -0.25) is 0 Å². The Morgan fingerprint density at radius 2 is 1.90 bits per heavy atom. The maximum absolute atomic E-state index is 12.5. The lowest BCUT2D eigenvalue weighted by Gasteiger charge is -2.13. The zero-order chi connectivity index (χ0) is 21.0. The Kier molecular flexibility index (Phi) is 5.96. The minimum Gasteiger partial charge on any atom is -0.369 e. The van der Waals surface area contributed by atoms with Crippen molar-refractivity contribution >= 4 is 27.5 Å². The van der Waals surface area contributed by atoms with Crippen LogP contribution in [0.25, 0.3) is 11.1 Å². The van der Waals surface area contributed by atoms with Crippen molar-refractivity contribution in [1.29, 1.82) is 0 Å². The first-order valence-electron chi connectivity index (χ1n) is 10.1. The number of nitrogens with zero attached hydrogens (tertiary/aromatic N) is 2. The van der Waals surface area contributed by atoms with Crippen molar-refractivity contribution in [2.24, 2.45) is 0 Å². The predicted molar refractivity (Wildman–Crippen MR) is 119 cm³/mol. The average molecular weight is 424 g/mol. The van der Waals surface area contributed by atoms with E-state index < -0.39 is 10.0 Å². The largest absolute Gasteiger partial charge is 0.369 e. The molecule has 156 valence electrons. The minimum absolute atomic E-state index is 0.212. The summed E-state index contributed by atoms with van der Waals surface area (Å²) in [6.45, 7) is 3.09. The van der Waals surface area contributed by atoms with Gasteiger partial charge in [0.15, 0.2) is 0 Å². The van der Waals surface area contributed by atoms with Crippen molar-refractivity contribution in [3.8, 4) is 11.1 Å². The first-order chi connectivity index (χ1) is 14.5. The van der Waals surface area contributed by atoms with Gasteiger partial charge >= 0.3 is 0 Å². The van der Waals surface area contributed by atoms with E-state index in [1.165, 1.54) is 5.56 Å². The standard InChI is InChI=1S/C22H25N5O2S/c1-2-5-16-8-10-17(11-9-16)20-15-24-22-26-18-6-3-7-19(14-18)30(28,29)25-13-4-12-23-21(20)27-22/h3,6-11,14-15,25H,2,4-5,12-13H2,1H3,(H2,23,24,26,27). The molecule has 3 N–H and O–H groups in total. The molecule has 0 fully saturated rings. The van der Waals surface area contributed by atoms with Crippen LogP contribution in [0.15, 0.2) is 59.6 Å². The van der Waals surface area contributed by atoms with E-state index in [9.17, 15) is 8.42 Å². The molecule has 1 aromatic heterocycles. The second kappa shape index (κ2) is 8.81. The highest BCUT2D eigenvalue weighted by Gasteiger charge is 2.16. The fourth-order valence-electron chi connectivity index (χ4n) is 3.38. The van der Waals surface area contributed by atoms with Crippen molar-refractivity contribution < 1.29 is 8.42 Å². The highest BCUT2D eigenvalue weighted by Crippen LogP contribution is 2.28. The van der Waals surface area contributed by atoms with E-state index in [0.29, 0.717) is 37.0 Å². The van der Waals surface area contributed by atoms with Crippen LogP contribution in [-0.4, -0.2) is 31.5 Å². The summed E-state index contributed by atoms with van der Waals surface area (Å²) in [5, 5.41) is 6.45. The van der Waals surface area contributed by atoms with Crippen LogP contribution in [0, 0.1) is 0 Å². The summed E-state index contributed by atoms with van der Waals surface area (Å²) in [7, 11) is -3.55. The Balaban J connectivity index is 1.69. The van der Waals surface area contributed by atoms with Crippen molar-refractivity contribution in [2.75, 3.05) is 23.7 Å². The van der Waals surface area contributed by atoms with Gasteiger partial charge in [0.2, 0.25) is 16.0 Å². The second-order valence-corrected chi connectivity index (χ2v) is 9.00. The molecule has 2 aromatic carbocycles. The summed E-state index contributed by atoms with van der Waals surface area (Å²) in [6, 6.07) is 15.1. The van der Waals surface area contributed by atoms with Gasteiger partial charge in [-0.05, 0) is 42.2 Å². The molecule has 2 heterocycles. The van der Waals surface area contributed by atoms with Crippen LogP contribution in [0.1, 0.15) is 25.3 Å². The van der Waals surface area contributed by atoms with Gasteiger partial charge in [0.05, 0.1) is 4.90 Å². The van der Waals surface area contributed by atoms with Crippen molar-refractivity contribution in [2.45, 2.75) is 31.1 Å². The van der Waals surface area contributed by atoms with E-state index in [2.05, 4.69) is 56.5 Å². The van der Waals surface area contributed by atoms with Gasteiger partial charge in [-0.25, -0.2) is 18.1 Å². The third kappa shape index (κ3) is 4.60. The van der Waals surface area contributed by atoms with Gasteiger partial charge in [0, 0.05) is 30.5 Å². The molecular weight excluding hydrogens is 398 g/mol. The lowest BCUT2D eigenvalue weighted by atomic mass is 10.0.